The fourth-order valence-corrected chi connectivity index (χ4v) is 3.33. The molecule has 0 saturated heterocycles. The number of nitrogens with zero attached hydrogens (tertiary/aromatic N) is 1. The first-order valence-corrected chi connectivity index (χ1v) is 9.69. The van der Waals surface area contributed by atoms with Gasteiger partial charge in [-0.1, -0.05) is 6.07 Å². The molecule has 2 aromatic carbocycles. The van der Waals surface area contributed by atoms with Gasteiger partial charge in [-0.2, -0.15) is 0 Å². The van der Waals surface area contributed by atoms with Crippen LogP contribution in [0.1, 0.15) is 5.56 Å². The van der Waals surface area contributed by atoms with Crippen molar-refractivity contribution in [3.63, 3.8) is 0 Å². The highest BCUT2D eigenvalue weighted by molar-refractivity contribution is 7.89. The van der Waals surface area contributed by atoms with Crippen molar-refractivity contribution in [1.82, 2.24) is 4.72 Å². The summed E-state index contributed by atoms with van der Waals surface area (Å²) in [7, 11) is -0.105. The zero-order valence-electron chi connectivity index (χ0n) is 15.2. The molecule has 27 heavy (non-hydrogen) atoms. The third-order valence-corrected chi connectivity index (χ3v) is 5.30. The molecule has 8 nitrogen and oxygen atoms in total. The number of nitro benzene ring substituents is 1. The highest BCUT2D eigenvalue weighted by Gasteiger charge is 2.21. The number of rotatable bonds is 8. The number of nitro groups is 1. The lowest BCUT2D eigenvalue weighted by atomic mass is 10.2. The van der Waals surface area contributed by atoms with Crippen LogP contribution in [0.2, 0.25) is 0 Å². The van der Waals surface area contributed by atoms with Gasteiger partial charge < -0.3 is 10.2 Å². The van der Waals surface area contributed by atoms with E-state index in [2.05, 4.69) is 10.0 Å². The van der Waals surface area contributed by atoms with Crippen LogP contribution in [0.15, 0.2) is 41.3 Å². The van der Waals surface area contributed by atoms with Crippen molar-refractivity contribution in [3.05, 3.63) is 57.9 Å². The molecule has 0 aliphatic carbocycles. The van der Waals surface area contributed by atoms with Gasteiger partial charge in [0.05, 0.1) is 37.0 Å². The standard InChI is InChI=1S/C17H21FN4O4S/c1-12-4-5-13(10-15(12)18)20-16-7-6-14(11-17(16)22(23)24)27(25,26)19-8-9-21(2)3/h4-7,10-11,19-20H,8-9H2,1-3H3/p+1. The Balaban J connectivity index is 2.30. The number of hydrogen-bond donors (Lipinski definition) is 3. The zero-order chi connectivity index (χ0) is 20.2. The Labute approximate surface area is 157 Å². The number of hydrogen-bond acceptors (Lipinski definition) is 5. The van der Waals surface area contributed by atoms with Crippen LogP contribution in [0.3, 0.4) is 0 Å². The minimum Gasteiger partial charge on any atom is -0.350 e. The minimum absolute atomic E-state index is 0.0694. The molecule has 0 unspecified atom stereocenters. The minimum atomic E-state index is -3.87. The van der Waals surface area contributed by atoms with Crippen molar-refractivity contribution < 1.29 is 22.6 Å². The number of aryl methyl sites for hydroxylation is 1. The summed E-state index contributed by atoms with van der Waals surface area (Å²) in [4.78, 5) is 11.6. The van der Waals surface area contributed by atoms with Crippen LogP contribution in [0.25, 0.3) is 0 Å². The molecule has 10 heteroatoms. The van der Waals surface area contributed by atoms with E-state index in [9.17, 15) is 22.9 Å². The van der Waals surface area contributed by atoms with Crippen molar-refractivity contribution >= 4 is 27.1 Å². The lowest BCUT2D eigenvalue weighted by Crippen LogP contribution is -3.06. The number of anilines is 2. The summed E-state index contributed by atoms with van der Waals surface area (Å²) in [5, 5.41) is 14.1. The van der Waals surface area contributed by atoms with Gasteiger partial charge in [0.2, 0.25) is 10.0 Å². The van der Waals surface area contributed by atoms with Crippen LogP contribution < -0.4 is 14.9 Å². The lowest BCUT2D eigenvalue weighted by molar-refractivity contribution is -0.856. The van der Waals surface area contributed by atoms with E-state index in [-0.39, 0.29) is 17.1 Å². The summed E-state index contributed by atoms with van der Waals surface area (Å²) in [6.45, 7) is 2.38. The Bertz CT molecular complexity index is 948. The highest BCUT2D eigenvalue weighted by Crippen LogP contribution is 2.30. The Hall–Kier alpha value is -2.56. The van der Waals surface area contributed by atoms with E-state index in [0.29, 0.717) is 17.8 Å². The summed E-state index contributed by atoms with van der Waals surface area (Å²) in [6, 6.07) is 7.88. The maximum atomic E-state index is 13.7. The monoisotopic (exact) mass is 397 g/mol. The zero-order valence-corrected chi connectivity index (χ0v) is 16.1. The molecule has 0 radical (unpaired) electrons. The van der Waals surface area contributed by atoms with Crippen molar-refractivity contribution in [2.75, 3.05) is 32.5 Å². The summed E-state index contributed by atoms with van der Waals surface area (Å²) in [5.74, 6) is -0.450. The Morgan fingerprint density at radius 3 is 2.48 bits per heavy atom. The predicted octanol–water partition coefficient (Wildman–Crippen LogP) is 1.21. The van der Waals surface area contributed by atoms with Gasteiger partial charge in [-0.05, 0) is 36.8 Å². The van der Waals surface area contributed by atoms with E-state index in [1.807, 2.05) is 14.1 Å². The molecular formula is C17H22FN4O4S+. The van der Waals surface area contributed by atoms with E-state index in [1.165, 1.54) is 18.2 Å². The number of sulfonamides is 1. The molecule has 0 aromatic heterocycles. The van der Waals surface area contributed by atoms with Gasteiger partial charge in [-0.3, -0.25) is 10.1 Å². The molecule has 0 saturated carbocycles. The summed E-state index contributed by atoms with van der Waals surface area (Å²) in [5.41, 5.74) is 0.419. The number of nitrogens with one attached hydrogen (secondary N) is 3. The summed E-state index contributed by atoms with van der Waals surface area (Å²) >= 11 is 0. The van der Waals surface area contributed by atoms with E-state index in [0.717, 1.165) is 11.0 Å². The largest absolute Gasteiger partial charge is 0.350 e. The molecule has 0 aliphatic rings. The number of quaternary nitrogens is 1. The van der Waals surface area contributed by atoms with Gasteiger partial charge in [0.1, 0.15) is 11.5 Å². The molecule has 0 atom stereocenters. The maximum Gasteiger partial charge on any atom is 0.294 e. The van der Waals surface area contributed by atoms with E-state index >= 15 is 0 Å². The van der Waals surface area contributed by atoms with Gasteiger partial charge in [0.15, 0.2) is 0 Å². The smallest absolute Gasteiger partial charge is 0.294 e. The molecular weight excluding hydrogens is 375 g/mol. The molecule has 0 bridgehead atoms. The molecule has 146 valence electrons. The van der Waals surface area contributed by atoms with E-state index < -0.39 is 26.5 Å². The van der Waals surface area contributed by atoms with Crippen molar-refractivity contribution in [2.45, 2.75) is 11.8 Å². The number of likely N-dealkylation sites (N-methyl/N-ethyl adjacent to an activating group) is 1. The Morgan fingerprint density at radius 2 is 1.89 bits per heavy atom. The molecule has 0 amide bonds. The average molecular weight is 397 g/mol. The second kappa shape index (κ2) is 8.42. The molecule has 2 rings (SSSR count). The first kappa shape index (κ1) is 20.7. The first-order chi connectivity index (χ1) is 12.6. The topological polar surface area (TPSA) is 106 Å². The maximum absolute atomic E-state index is 13.7. The highest BCUT2D eigenvalue weighted by atomic mass is 32.2. The number of benzene rings is 2. The van der Waals surface area contributed by atoms with Crippen LogP contribution in [-0.4, -0.2) is 40.5 Å². The molecule has 0 aliphatic heterocycles. The van der Waals surface area contributed by atoms with Gasteiger partial charge >= 0.3 is 0 Å². The van der Waals surface area contributed by atoms with Gasteiger partial charge in [0.25, 0.3) is 5.69 Å². The molecule has 3 N–H and O–H groups in total. The Kier molecular flexibility index (Phi) is 6.47. The van der Waals surface area contributed by atoms with Crippen LogP contribution in [0.4, 0.5) is 21.5 Å². The fourth-order valence-electron chi connectivity index (χ4n) is 2.28. The van der Waals surface area contributed by atoms with Gasteiger partial charge in [0, 0.05) is 11.8 Å². The van der Waals surface area contributed by atoms with E-state index in [4.69, 9.17) is 0 Å². The summed E-state index contributed by atoms with van der Waals surface area (Å²) in [6.07, 6.45) is 0. The van der Waals surface area contributed by atoms with Gasteiger partial charge in [-0.25, -0.2) is 17.5 Å². The lowest BCUT2D eigenvalue weighted by Gasteiger charge is -2.11. The predicted molar refractivity (Wildman–Crippen MR) is 100 cm³/mol. The second-order valence-corrected chi connectivity index (χ2v) is 8.15. The molecule has 0 heterocycles. The summed E-state index contributed by atoms with van der Waals surface area (Å²) < 4.78 is 40.7. The normalized spacial score (nSPS) is 11.6. The Morgan fingerprint density at radius 1 is 1.19 bits per heavy atom. The van der Waals surface area contributed by atoms with E-state index in [1.54, 1.807) is 19.1 Å². The molecule has 0 fully saturated rings. The molecule has 0 spiro atoms. The fraction of sp³-hybridized carbons (Fsp3) is 0.294. The van der Waals surface area contributed by atoms with Crippen molar-refractivity contribution in [1.29, 1.82) is 0 Å². The van der Waals surface area contributed by atoms with Crippen molar-refractivity contribution in [2.24, 2.45) is 0 Å². The number of halogens is 1. The second-order valence-electron chi connectivity index (χ2n) is 6.38. The average Bonchev–Trinajstić information content (AvgIpc) is 2.57. The van der Waals surface area contributed by atoms with Crippen LogP contribution >= 0.6 is 0 Å². The van der Waals surface area contributed by atoms with Crippen LogP contribution in [-0.2, 0) is 10.0 Å². The first-order valence-electron chi connectivity index (χ1n) is 8.20. The van der Waals surface area contributed by atoms with Crippen molar-refractivity contribution in [3.8, 4) is 0 Å². The third kappa shape index (κ3) is 5.46. The molecule has 2 aromatic rings. The van der Waals surface area contributed by atoms with Gasteiger partial charge in [-0.15, -0.1) is 0 Å². The third-order valence-electron chi connectivity index (χ3n) is 3.84. The quantitative estimate of drug-likeness (QED) is 0.459. The van der Waals surface area contributed by atoms with Crippen LogP contribution in [0, 0.1) is 22.9 Å². The van der Waals surface area contributed by atoms with Crippen LogP contribution in [0.5, 0.6) is 0 Å². The SMILES string of the molecule is Cc1ccc(Nc2ccc(S(=O)(=O)NCC[NH+](C)C)cc2[N+](=O)[O-])cc1F.